The molecule has 0 aromatic rings. The van der Waals surface area contributed by atoms with Gasteiger partial charge in [-0.3, -0.25) is 9.69 Å². The highest BCUT2D eigenvalue weighted by atomic mass is 35.5. The molecule has 0 aliphatic carbocycles. The lowest BCUT2D eigenvalue weighted by Crippen LogP contribution is -2.52. The lowest BCUT2D eigenvalue weighted by molar-refractivity contribution is -0.123. The van der Waals surface area contributed by atoms with Gasteiger partial charge in [-0.05, 0) is 31.7 Å². The van der Waals surface area contributed by atoms with Gasteiger partial charge in [-0.2, -0.15) is 0 Å². The van der Waals surface area contributed by atoms with Crippen molar-refractivity contribution in [1.82, 2.24) is 20.4 Å². The third kappa shape index (κ3) is 6.03. The number of nitrogens with zero attached hydrogens (tertiary/aromatic N) is 2. The van der Waals surface area contributed by atoms with Crippen LogP contribution < -0.4 is 10.6 Å². The Morgan fingerprint density at radius 1 is 1.27 bits per heavy atom. The molecule has 1 amide bonds. The summed E-state index contributed by atoms with van der Waals surface area (Å²) in [5.41, 5.74) is 0.441. The van der Waals surface area contributed by atoms with Gasteiger partial charge in [-0.1, -0.05) is 13.8 Å². The molecule has 2 N–H and O–H groups in total. The first-order valence-corrected chi connectivity index (χ1v) is 8.45. The van der Waals surface area contributed by atoms with Crippen molar-refractivity contribution in [3.63, 3.8) is 0 Å². The van der Waals surface area contributed by atoms with Crippen LogP contribution in [0.3, 0.4) is 0 Å². The van der Waals surface area contributed by atoms with Crippen LogP contribution in [0, 0.1) is 5.41 Å². The predicted molar refractivity (Wildman–Crippen MR) is 93.6 cm³/mol. The maximum Gasteiger partial charge on any atom is 0.234 e. The van der Waals surface area contributed by atoms with Crippen LogP contribution >= 0.6 is 12.4 Å². The highest BCUT2D eigenvalue weighted by molar-refractivity contribution is 5.85. The zero-order valence-electron chi connectivity index (χ0n) is 14.4. The summed E-state index contributed by atoms with van der Waals surface area (Å²) in [6.07, 6.45) is 2.27. The topological polar surface area (TPSA) is 47.6 Å². The highest BCUT2D eigenvalue weighted by Crippen LogP contribution is 2.26. The zero-order chi connectivity index (χ0) is 15.3. The largest absolute Gasteiger partial charge is 0.353 e. The molecule has 2 aliphatic rings. The number of amides is 1. The summed E-state index contributed by atoms with van der Waals surface area (Å²) >= 11 is 0. The second-order valence-corrected chi connectivity index (χ2v) is 7.17. The van der Waals surface area contributed by atoms with E-state index in [1.807, 2.05) is 0 Å². The minimum absolute atomic E-state index is 0. The molecule has 2 heterocycles. The van der Waals surface area contributed by atoms with E-state index in [2.05, 4.69) is 41.2 Å². The standard InChI is InChI=1S/C16H32N4O.ClH/c1-4-14(2)18-15(21)11-19-7-9-20(10-8-19)13-16(3)5-6-17-12-16;/h14,17H,4-13H2,1-3H3,(H,18,21);1H. The summed E-state index contributed by atoms with van der Waals surface area (Å²) < 4.78 is 0. The lowest BCUT2D eigenvalue weighted by Gasteiger charge is -2.38. The van der Waals surface area contributed by atoms with Crippen molar-refractivity contribution in [3.05, 3.63) is 0 Å². The van der Waals surface area contributed by atoms with Crippen molar-refractivity contribution >= 4 is 18.3 Å². The number of hydrogen-bond acceptors (Lipinski definition) is 4. The van der Waals surface area contributed by atoms with Crippen molar-refractivity contribution in [2.24, 2.45) is 5.41 Å². The molecule has 0 saturated carbocycles. The predicted octanol–water partition coefficient (Wildman–Crippen LogP) is 0.940. The van der Waals surface area contributed by atoms with Crippen molar-refractivity contribution in [2.45, 2.75) is 39.7 Å². The second kappa shape index (κ2) is 9.06. The van der Waals surface area contributed by atoms with E-state index in [-0.39, 0.29) is 24.4 Å². The van der Waals surface area contributed by atoms with E-state index in [1.54, 1.807) is 0 Å². The van der Waals surface area contributed by atoms with Crippen LogP contribution in [0.4, 0.5) is 0 Å². The van der Waals surface area contributed by atoms with Crippen molar-refractivity contribution in [3.8, 4) is 0 Å². The summed E-state index contributed by atoms with van der Waals surface area (Å²) in [7, 11) is 0. The van der Waals surface area contributed by atoms with Crippen LogP contribution in [0.25, 0.3) is 0 Å². The van der Waals surface area contributed by atoms with Gasteiger partial charge >= 0.3 is 0 Å². The average molecular weight is 333 g/mol. The molecule has 2 unspecified atom stereocenters. The molecule has 0 bridgehead atoms. The van der Waals surface area contributed by atoms with Gasteiger partial charge in [0.1, 0.15) is 0 Å². The van der Waals surface area contributed by atoms with E-state index in [4.69, 9.17) is 0 Å². The fourth-order valence-electron chi connectivity index (χ4n) is 3.27. The van der Waals surface area contributed by atoms with Crippen molar-refractivity contribution in [2.75, 3.05) is 52.4 Å². The van der Waals surface area contributed by atoms with Crippen LogP contribution in [-0.4, -0.2) is 74.1 Å². The Kier molecular flexibility index (Phi) is 8.11. The Morgan fingerprint density at radius 2 is 1.91 bits per heavy atom. The summed E-state index contributed by atoms with van der Waals surface area (Å²) in [6.45, 7) is 14.8. The molecule has 2 fully saturated rings. The molecule has 2 atom stereocenters. The minimum Gasteiger partial charge on any atom is -0.353 e. The Morgan fingerprint density at radius 3 is 2.45 bits per heavy atom. The number of nitrogens with one attached hydrogen (secondary N) is 2. The van der Waals surface area contributed by atoms with Crippen molar-refractivity contribution < 1.29 is 4.79 Å². The summed E-state index contributed by atoms with van der Waals surface area (Å²) in [6, 6.07) is 0.286. The van der Waals surface area contributed by atoms with Gasteiger partial charge in [0.2, 0.25) is 5.91 Å². The Hall–Kier alpha value is -0.360. The van der Waals surface area contributed by atoms with Crippen LogP contribution in [0.15, 0.2) is 0 Å². The van der Waals surface area contributed by atoms with E-state index in [1.165, 1.54) is 13.0 Å². The van der Waals surface area contributed by atoms with Crippen LogP contribution in [0.2, 0.25) is 0 Å². The molecule has 2 saturated heterocycles. The van der Waals surface area contributed by atoms with E-state index in [0.29, 0.717) is 12.0 Å². The van der Waals surface area contributed by atoms with Gasteiger partial charge < -0.3 is 15.5 Å². The van der Waals surface area contributed by atoms with Gasteiger partial charge in [-0.25, -0.2) is 0 Å². The molecular weight excluding hydrogens is 300 g/mol. The van der Waals surface area contributed by atoms with Gasteiger partial charge in [0, 0.05) is 45.3 Å². The maximum absolute atomic E-state index is 11.9. The van der Waals surface area contributed by atoms with Crippen LogP contribution in [-0.2, 0) is 4.79 Å². The minimum atomic E-state index is 0. The maximum atomic E-state index is 11.9. The quantitative estimate of drug-likeness (QED) is 0.760. The third-order valence-corrected chi connectivity index (χ3v) is 4.91. The summed E-state index contributed by atoms with van der Waals surface area (Å²) in [4.78, 5) is 16.8. The molecule has 0 aromatic carbocycles. The third-order valence-electron chi connectivity index (χ3n) is 4.91. The van der Waals surface area contributed by atoms with Crippen molar-refractivity contribution in [1.29, 1.82) is 0 Å². The fourth-order valence-corrected chi connectivity index (χ4v) is 3.27. The first-order chi connectivity index (χ1) is 10.0. The van der Waals surface area contributed by atoms with Crippen LogP contribution in [0.1, 0.15) is 33.6 Å². The highest BCUT2D eigenvalue weighted by Gasteiger charge is 2.31. The average Bonchev–Trinajstić information content (AvgIpc) is 2.87. The molecule has 6 heteroatoms. The van der Waals surface area contributed by atoms with E-state index < -0.39 is 0 Å². The molecule has 2 aliphatic heterocycles. The Labute approximate surface area is 141 Å². The normalized spacial score (nSPS) is 28.1. The Balaban J connectivity index is 0.00000242. The smallest absolute Gasteiger partial charge is 0.234 e. The molecule has 22 heavy (non-hydrogen) atoms. The number of rotatable bonds is 6. The Bertz CT molecular complexity index is 339. The number of hydrogen-bond donors (Lipinski definition) is 2. The van der Waals surface area contributed by atoms with Crippen LogP contribution in [0.5, 0.6) is 0 Å². The fraction of sp³-hybridized carbons (Fsp3) is 0.938. The van der Waals surface area contributed by atoms with Gasteiger partial charge in [0.15, 0.2) is 0 Å². The summed E-state index contributed by atoms with van der Waals surface area (Å²) in [5.74, 6) is 0.171. The molecule has 0 radical (unpaired) electrons. The van der Waals surface area contributed by atoms with E-state index in [0.717, 1.165) is 45.7 Å². The number of carbonyl (C=O) groups is 1. The lowest BCUT2D eigenvalue weighted by atomic mass is 9.89. The number of carbonyl (C=O) groups excluding carboxylic acids is 1. The number of halogens is 1. The van der Waals surface area contributed by atoms with Gasteiger partial charge in [-0.15, -0.1) is 12.4 Å². The molecule has 0 spiro atoms. The SMILES string of the molecule is CCC(C)NC(=O)CN1CCN(CC2(C)CCNC2)CC1.Cl. The first-order valence-electron chi connectivity index (χ1n) is 8.45. The molecule has 5 nitrogen and oxygen atoms in total. The van der Waals surface area contributed by atoms with E-state index >= 15 is 0 Å². The first kappa shape index (κ1) is 19.7. The summed E-state index contributed by atoms with van der Waals surface area (Å²) in [5, 5.41) is 6.52. The van der Waals surface area contributed by atoms with Gasteiger partial charge in [0.05, 0.1) is 6.54 Å². The van der Waals surface area contributed by atoms with E-state index in [9.17, 15) is 4.79 Å². The number of piperazine rings is 1. The molecule has 2 rings (SSSR count). The van der Waals surface area contributed by atoms with Gasteiger partial charge in [0.25, 0.3) is 0 Å². The molecular formula is C16H33ClN4O. The molecule has 0 aromatic heterocycles. The monoisotopic (exact) mass is 332 g/mol. The zero-order valence-corrected chi connectivity index (χ0v) is 15.2. The second-order valence-electron chi connectivity index (χ2n) is 7.17. The molecule has 130 valence electrons.